The summed E-state index contributed by atoms with van der Waals surface area (Å²) in [5.74, 6) is -1.02. The van der Waals surface area contributed by atoms with Gasteiger partial charge in [0.2, 0.25) is 0 Å². The van der Waals surface area contributed by atoms with Crippen LogP contribution < -0.4 is 10.9 Å². The van der Waals surface area contributed by atoms with E-state index in [1.165, 1.54) is 6.07 Å². The lowest BCUT2D eigenvalue weighted by Crippen LogP contribution is -2.28. The zero-order valence-electron chi connectivity index (χ0n) is 11.7. The van der Waals surface area contributed by atoms with Gasteiger partial charge >= 0.3 is 0 Å². The lowest BCUT2D eigenvalue weighted by atomic mass is 10.2. The van der Waals surface area contributed by atoms with Crippen molar-refractivity contribution in [3.8, 4) is 0 Å². The van der Waals surface area contributed by atoms with E-state index < -0.39 is 11.6 Å². The molecule has 1 aliphatic heterocycles. The molecular weight excluding hydrogens is 286 g/mol. The van der Waals surface area contributed by atoms with Crippen LogP contribution in [0.4, 0.5) is 8.78 Å². The Morgan fingerprint density at radius 3 is 2.77 bits per heavy atom. The van der Waals surface area contributed by atoms with Gasteiger partial charge in [-0.05, 0) is 25.0 Å². The number of hydrazine groups is 1. The topological polar surface area (TPSA) is 41.9 Å². The third kappa shape index (κ3) is 1.99. The number of fused-ring (bicyclic) bond motifs is 1. The summed E-state index contributed by atoms with van der Waals surface area (Å²) in [7, 11) is 0. The number of nitrogens with zero attached hydrogens (tertiary/aromatic N) is 2. The van der Waals surface area contributed by atoms with Crippen molar-refractivity contribution in [1.82, 2.24) is 20.4 Å². The van der Waals surface area contributed by atoms with E-state index in [4.69, 9.17) is 0 Å². The van der Waals surface area contributed by atoms with Gasteiger partial charge in [-0.2, -0.15) is 0 Å². The summed E-state index contributed by atoms with van der Waals surface area (Å²) in [6.45, 7) is 3.72. The minimum absolute atomic E-state index is 0.293. The number of rotatable bonds is 3. The van der Waals surface area contributed by atoms with E-state index in [0.717, 1.165) is 30.2 Å². The summed E-state index contributed by atoms with van der Waals surface area (Å²) in [6, 6.07) is 2.67. The molecule has 0 spiro atoms. The molecule has 6 heteroatoms. The van der Waals surface area contributed by atoms with E-state index in [2.05, 4.69) is 22.4 Å². The number of allylic oxidation sites excluding steroid dienone is 3. The van der Waals surface area contributed by atoms with Gasteiger partial charge in [0.05, 0.1) is 16.7 Å². The van der Waals surface area contributed by atoms with Gasteiger partial charge in [0.25, 0.3) is 0 Å². The molecule has 2 aliphatic rings. The number of nitrogens with one attached hydrogen (secondary N) is 2. The summed E-state index contributed by atoms with van der Waals surface area (Å²) in [5, 5.41) is 0. The Kier molecular flexibility index (Phi) is 2.79. The Hall–Kier alpha value is -2.63. The zero-order valence-corrected chi connectivity index (χ0v) is 11.7. The Labute approximate surface area is 125 Å². The molecule has 1 fully saturated rings. The Morgan fingerprint density at radius 1 is 1.27 bits per heavy atom. The molecule has 1 aliphatic carbocycles. The first-order valence-corrected chi connectivity index (χ1v) is 7.10. The Morgan fingerprint density at radius 2 is 2.05 bits per heavy atom. The highest BCUT2D eigenvalue weighted by molar-refractivity contribution is 5.83. The molecule has 0 unspecified atom stereocenters. The average Bonchev–Trinajstić information content (AvgIpc) is 3.30. The molecule has 0 atom stereocenters. The summed E-state index contributed by atoms with van der Waals surface area (Å²) in [6.07, 6.45) is 7.41. The van der Waals surface area contributed by atoms with Gasteiger partial charge in [-0.15, -0.1) is 0 Å². The highest BCUT2D eigenvalue weighted by Gasteiger charge is 2.30. The van der Waals surface area contributed by atoms with Crippen molar-refractivity contribution >= 4 is 16.6 Å². The Bertz CT molecular complexity index is 843. The molecule has 2 heterocycles. The van der Waals surface area contributed by atoms with Crippen LogP contribution in [0.1, 0.15) is 24.7 Å². The normalized spacial score (nSPS) is 17.5. The van der Waals surface area contributed by atoms with E-state index in [-0.39, 0.29) is 0 Å². The van der Waals surface area contributed by atoms with Crippen LogP contribution in [0.25, 0.3) is 16.6 Å². The van der Waals surface area contributed by atoms with Crippen LogP contribution >= 0.6 is 0 Å². The van der Waals surface area contributed by atoms with Crippen LogP contribution in [0.3, 0.4) is 0 Å². The molecule has 1 aromatic heterocycles. The first-order valence-electron chi connectivity index (χ1n) is 7.10. The van der Waals surface area contributed by atoms with Crippen molar-refractivity contribution < 1.29 is 8.78 Å². The predicted octanol–water partition coefficient (Wildman–Crippen LogP) is 3.17. The second-order valence-electron chi connectivity index (χ2n) is 5.46. The molecule has 2 N–H and O–H groups in total. The van der Waals surface area contributed by atoms with E-state index in [0.29, 0.717) is 22.9 Å². The van der Waals surface area contributed by atoms with E-state index in [1.807, 2.05) is 10.6 Å². The summed E-state index contributed by atoms with van der Waals surface area (Å²) in [5.41, 5.74) is 8.63. The molecule has 1 aromatic carbocycles. The lowest BCUT2D eigenvalue weighted by molar-refractivity contribution is 0.510. The van der Waals surface area contributed by atoms with Gasteiger partial charge in [-0.25, -0.2) is 13.8 Å². The standard InChI is InChI=1S/C16H14F2N4/c1-2-10-5-9(8-19-21-10)16-20-14-6-12(17)13(18)7-15(14)22(16)11-3-4-11/h2,5-8,11,19,21H,1,3-4H2. The summed E-state index contributed by atoms with van der Waals surface area (Å²) in [4.78, 5) is 4.51. The smallest absolute Gasteiger partial charge is 0.161 e. The van der Waals surface area contributed by atoms with Crippen LogP contribution in [0.2, 0.25) is 0 Å². The van der Waals surface area contributed by atoms with Crippen LogP contribution in [-0.2, 0) is 0 Å². The van der Waals surface area contributed by atoms with E-state index >= 15 is 0 Å². The van der Waals surface area contributed by atoms with Crippen LogP contribution in [0.15, 0.2) is 42.8 Å². The van der Waals surface area contributed by atoms with Crippen LogP contribution in [0.5, 0.6) is 0 Å². The quantitative estimate of drug-likeness (QED) is 0.915. The Balaban J connectivity index is 1.94. The molecule has 0 radical (unpaired) electrons. The van der Waals surface area contributed by atoms with E-state index in [9.17, 15) is 8.78 Å². The first-order chi connectivity index (χ1) is 10.7. The van der Waals surface area contributed by atoms with Crippen molar-refractivity contribution in [3.63, 3.8) is 0 Å². The molecule has 4 nitrogen and oxygen atoms in total. The molecule has 0 bridgehead atoms. The minimum atomic E-state index is -0.876. The largest absolute Gasteiger partial charge is 0.321 e. The molecule has 0 saturated heterocycles. The fourth-order valence-corrected chi connectivity index (χ4v) is 2.68. The number of hydrogen-bond donors (Lipinski definition) is 2. The molecule has 22 heavy (non-hydrogen) atoms. The van der Waals surface area contributed by atoms with Gasteiger partial charge in [-0.3, -0.25) is 0 Å². The van der Waals surface area contributed by atoms with Crippen molar-refractivity contribution in [2.75, 3.05) is 0 Å². The number of benzene rings is 1. The van der Waals surface area contributed by atoms with Gasteiger partial charge in [0.15, 0.2) is 11.6 Å². The first kappa shape index (κ1) is 13.1. The maximum atomic E-state index is 13.6. The summed E-state index contributed by atoms with van der Waals surface area (Å²) < 4.78 is 29.1. The fourth-order valence-electron chi connectivity index (χ4n) is 2.68. The highest BCUT2D eigenvalue weighted by atomic mass is 19.2. The number of aromatic nitrogens is 2. The fraction of sp³-hybridized carbons (Fsp3) is 0.188. The summed E-state index contributed by atoms with van der Waals surface area (Å²) >= 11 is 0. The number of imidazole rings is 1. The van der Waals surface area contributed by atoms with Crippen molar-refractivity contribution in [2.45, 2.75) is 18.9 Å². The third-order valence-corrected chi connectivity index (χ3v) is 3.88. The lowest BCUT2D eigenvalue weighted by Gasteiger charge is -2.16. The predicted molar refractivity (Wildman–Crippen MR) is 80.4 cm³/mol. The molecule has 4 rings (SSSR count). The molecule has 1 saturated carbocycles. The van der Waals surface area contributed by atoms with Gasteiger partial charge in [0.1, 0.15) is 5.82 Å². The monoisotopic (exact) mass is 300 g/mol. The second-order valence-corrected chi connectivity index (χ2v) is 5.46. The molecule has 0 amide bonds. The minimum Gasteiger partial charge on any atom is -0.321 e. The van der Waals surface area contributed by atoms with Crippen LogP contribution in [0, 0.1) is 11.6 Å². The highest BCUT2D eigenvalue weighted by Crippen LogP contribution is 2.40. The van der Waals surface area contributed by atoms with Crippen LogP contribution in [-0.4, -0.2) is 9.55 Å². The zero-order chi connectivity index (χ0) is 15.3. The van der Waals surface area contributed by atoms with Gasteiger partial charge in [-0.1, -0.05) is 6.58 Å². The SMILES string of the molecule is C=CC1=CC(c2nc3cc(F)c(F)cc3n2C2CC2)=CNN1. The third-order valence-electron chi connectivity index (χ3n) is 3.88. The molecular formula is C16H14F2N4. The number of halogens is 2. The van der Waals surface area contributed by atoms with E-state index in [1.54, 1.807) is 12.3 Å². The maximum Gasteiger partial charge on any atom is 0.161 e. The average molecular weight is 300 g/mol. The van der Waals surface area contributed by atoms with Gasteiger partial charge < -0.3 is 15.4 Å². The molecule has 2 aromatic rings. The van der Waals surface area contributed by atoms with Gasteiger partial charge in [0, 0.05) is 29.9 Å². The van der Waals surface area contributed by atoms with Crippen molar-refractivity contribution in [3.05, 3.63) is 60.2 Å². The van der Waals surface area contributed by atoms with Crippen molar-refractivity contribution in [1.29, 1.82) is 0 Å². The van der Waals surface area contributed by atoms with Crippen molar-refractivity contribution in [2.24, 2.45) is 0 Å². The number of hydrogen-bond acceptors (Lipinski definition) is 3. The molecule has 112 valence electrons. The second kappa shape index (κ2) is 4.69. The maximum absolute atomic E-state index is 13.6.